The van der Waals surface area contributed by atoms with E-state index in [1.807, 2.05) is 71.6 Å². The van der Waals surface area contributed by atoms with Gasteiger partial charge < -0.3 is 14.4 Å². The lowest BCUT2D eigenvalue weighted by molar-refractivity contribution is -0.116. The second kappa shape index (κ2) is 10.1. The smallest absolute Gasteiger partial charge is 0.237 e. The molecule has 0 bridgehead atoms. The van der Waals surface area contributed by atoms with E-state index in [2.05, 4.69) is 16.3 Å². The molecule has 0 aliphatic carbocycles. The van der Waals surface area contributed by atoms with E-state index in [1.165, 1.54) is 17.3 Å². The van der Waals surface area contributed by atoms with Crippen LogP contribution in [0.3, 0.4) is 0 Å². The molecular weight excluding hydrogens is 460 g/mol. The minimum atomic E-state index is 0.0359. The number of benzene rings is 3. The Bertz CT molecular complexity index is 1340. The van der Waals surface area contributed by atoms with Crippen molar-refractivity contribution in [2.75, 3.05) is 31.4 Å². The molecule has 0 radical (unpaired) electrons. The van der Waals surface area contributed by atoms with Crippen LogP contribution in [0.1, 0.15) is 5.56 Å². The van der Waals surface area contributed by atoms with Crippen LogP contribution in [-0.2, 0) is 11.2 Å². The van der Waals surface area contributed by atoms with Gasteiger partial charge in [0.2, 0.25) is 11.1 Å². The molecule has 176 valence electrons. The van der Waals surface area contributed by atoms with Crippen molar-refractivity contribution in [3.8, 4) is 34.0 Å². The molecule has 0 saturated carbocycles. The molecule has 0 atom stereocenters. The van der Waals surface area contributed by atoms with E-state index in [0.29, 0.717) is 23.1 Å². The monoisotopic (exact) mass is 484 g/mol. The second-order valence-corrected chi connectivity index (χ2v) is 8.90. The number of nitrogens with zero attached hydrogens (tertiary/aromatic N) is 4. The molecule has 0 fully saturated rings. The van der Waals surface area contributed by atoms with Gasteiger partial charge in [-0.15, -0.1) is 10.2 Å². The molecule has 0 unspecified atom stereocenters. The largest absolute Gasteiger partial charge is 0.497 e. The third kappa shape index (κ3) is 4.83. The van der Waals surface area contributed by atoms with Crippen molar-refractivity contribution in [1.29, 1.82) is 0 Å². The first-order chi connectivity index (χ1) is 17.2. The van der Waals surface area contributed by atoms with E-state index < -0.39 is 0 Å². The van der Waals surface area contributed by atoms with Crippen LogP contribution in [-0.4, -0.2) is 47.6 Å². The fraction of sp³-hybridized carbons (Fsp3) is 0.185. The van der Waals surface area contributed by atoms with Gasteiger partial charge in [0, 0.05) is 23.4 Å². The van der Waals surface area contributed by atoms with E-state index in [9.17, 15) is 4.79 Å². The summed E-state index contributed by atoms with van der Waals surface area (Å²) in [4.78, 5) is 19.6. The van der Waals surface area contributed by atoms with Crippen molar-refractivity contribution < 1.29 is 14.3 Å². The van der Waals surface area contributed by atoms with E-state index >= 15 is 0 Å². The first kappa shape index (κ1) is 22.9. The molecule has 1 amide bonds. The topological polar surface area (TPSA) is 77.4 Å². The van der Waals surface area contributed by atoms with Crippen LogP contribution >= 0.6 is 11.8 Å². The zero-order chi connectivity index (χ0) is 24.2. The summed E-state index contributed by atoms with van der Waals surface area (Å²) in [6.45, 7) is 0.700. The number of methoxy groups -OCH3 is 2. The number of thioether (sulfide) groups is 1. The normalized spacial score (nSPS) is 12.3. The number of rotatable bonds is 7. The molecule has 1 aromatic heterocycles. The predicted molar refractivity (Wildman–Crippen MR) is 137 cm³/mol. The van der Waals surface area contributed by atoms with Gasteiger partial charge in [-0.1, -0.05) is 30.0 Å². The number of anilines is 1. The third-order valence-electron chi connectivity index (χ3n) is 5.91. The zero-order valence-corrected chi connectivity index (χ0v) is 20.3. The summed E-state index contributed by atoms with van der Waals surface area (Å²) in [5, 5.41) is 9.29. The molecule has 1 aliphatic heterocycles. The Morgan fingerprint density at radius 1 is 0.857 bits per heavy atom. The average molecular weight is 485 g/mol. The Kier molecular flexibility index (Phi) is 6.63. The maximum absolute atomic E-state index is 13.0. The molecular formula is C27H24N4O3S. The fourth-order valence-electron chi connectivity index (χ4n) is 4.07. The minimum Gasteiger partial charge on any atom is -0.497 e. The lowest BCUT2D eigenvalue weighted by Crippen LogP contribution is -2.30. The van der Waals surface area contributed by atoms with E-state index in [-0.39, 0.29) is 11.7 Å². The molecule has 5 rings (SSSR count). The van der Waals surface area contributed by atoms with Crippen molar-refractivity contribution in [2.45, 2.75) is 11.6 Å². The van der Waals surface area contributed by atoms with Gasteiger partial charge in [-0.3, -0.25) is 4.79 Å². The number of ether oxygens (including phenoxy) is 2. The maximum Gasteiger partial charge on any atom is 0.237 e. The zero-order valence-electron chi connectivity index (χ0n) is 19.5. The summed E-state index contributed by atoms with van der Waals surface area (Å²) in [5.41, 5.74) is 5.29. The molecule has 0 N–H and O–H groups in total. The molecule has 0 saturated heterocycles. The lowest BCUT2D eigenvalue weighted by Gasteiger charge is -2.17. The quantitative estimate of drug-likeness (QED) is 0.345. The Hall–Kier alpha value is -3.91. The predicted octanol–water partition coefficient (Wildman–Crippen LogP) is 4.90. The number of aromatic nitrogens is 3. The maximum atomic E-state index is 13.0. The highest BCUT2D eigenvalue weighted by Gasteiger charge is 2.24. The number of fused-ring (bicyclic) bond motifs is 1. The van der Waals surface area contributed by atoms with Gasteiger partial charge in [-0.2, -0.15) is 0 Å². The lowest BCUT2D eigenvalue weighted by atomic mass is 10.0. The first-order valence-electron chi connectivity index (χ1n) is 11.2. The van der Waals surface area contributed by atoms with Crippen molar-refractivity contribution in [2.24, 2.45) is 0 Å². The molecule has 35 heavy (non-hydrogen) atoms. The van der Waals surface area contributed by atoms with Crippen LogP contribution in [0.2, 0.25) is 0 Å². The van der Waals surface area contributed by atoms with Gasteiger partial charge in [0.25, 0.3) is 0 Å². The molecule has 8 heteroatoms. The highest BCUT2D eigenvalue weighted by molar-refractivity contribution is 7.99. The Balaban J connectivity index is 1.42. The molecule has 7 nitrogen and oxygen atoms in total. The standard InChI is InChI=1S/C27H24N4O3S/c1-33-21-11-7-19(8-12-21)25-26(20-9-13-22(34-2)14-10-20)29-30-27(28-25)35-17-24(32)31-16-15-18-5-3-4-6-23(18)31/h3-14H,15-17H2,1-2H3. The van der Waals surface area contributed by atoms with E-state index in [1.54, 1.807) is 14.2 Å². The fourth-order valence-corrected chi connectivity index (χ4v) is 4.73. The SMILES string of the molecule is COc1ccc(-c2nnc(SCC(=O)N3CCc4ccccc43)nc2-c2ccc(OC)cc2)cc1. The number of carbonyl (C=O) groups excluding carboxylic acids is 1. The molecule has 2 heterocycles. The van der Waals surface area contributed by atoms with Crippen molar-refractivity contribution in [1.82, 2.24) is 15.2 Å². The van der Waals surface area contributed by atoms with E-state index in [4.69, 9.17) is 14.5 Å². The number of hydrogen-bond donors (Lipinski definition) is 0. The average Bonchev–Trinajstić information content (AvgIpc) is 3.36. The number of amides is 1. The van der Waals surface area contributed by atoms with Crippen LogP contribution in [0.5, 0.6) is 11.5 Å². The van der Waals surface area contributed by atoms with Crippen LogP contribution in [0.25, 0.3) is 22.5 Å². The summed E-state index contributed by atoms with van der Waals surface area (Å²) in [5.74, 6) is 1.79. The Morgan fingerprint density at radius 3 is 2.14 bits per heavy atom. The van der Waals surface area contributed by atoms with Crippen molar-refractivity contribution in [3.05, 3.63) is 78.4 Å². The van der Waals surface area contributed by atoms with E-state index in [0.717, 1.165) is 34.7 Å². The molecule has 1 aliphatic rings. The summed E-state index contributed by atoms with van der Waals surface area (Å²) < 4.78 is 10.6. The number of para-hydroxylation sites is 1. The molecule has 3 aromatic carbocycles. The van der Waals surface area contributed by atoms with Crippen LogP contribution in [0.4, 0.5) is 5.69 Å². The number of hydrogen-bond acceptors (Lipinski definition) is 7. The minimum absolute atomic E-state index is 0.0359. The van der Waals surface area contributed by atoms with Gasteiger partial charge in [0.05, 0.1) is 20.0 Å². The van der Waals surface area contributed by atoms with Gasteiger partial charge in [0.1, 0.15) is 22.9 Å². The summed E-state index contributed by atoms with van der Waals surface area (Å²) in [6, 6.07) is 23.3. The third-order valence-corrected chi connectivity index (χ3v) is 6.73. The molecule has 4 aromatic rings. The number of carbonyl (C=O) groups is 1. The summed E-state index contributed by atoms with van der Waals surface area (Å²) in [6.07, 6.45) is 0.878. The van der Waals surface area contributed by atoms with Crippen LogP contribution in [0.15, 0.2) is 78.0 Å². The highest BCUT2D eigenvalue weighted by atomic mass is 32.2. The van der Waals surface area contributed by atoms with Crippen molar-refractivity contribution >= 4 is 23.4 Å². The van der Waals surface area contributed by atoms with Gasteiger partial charge in [-0.05, 0) is 66.6 Å². The Labute approximate surface area is 208 Å². The van der Waals surface area contributed by atoms with Crippen LogP contribution < -0.4 is 14.4 Å². The van der Waals surface area contributed by atoms with Gasteiger partial charge in [-0.25, -0.2) is 4.98 Å². The molecule has 0 spiro atoms. The van der Waals surface area contributed by atoms with Crippen LogP contribution in [0, 0.1) is 0 Å². The van der Waals surface area contributed by atoms with Gasteiger partial charge in [0.15, 0.2) is 0 Å². The second-order valence-electron chi connectivity index (χ2n) is 7.96. The first-order valence-corrected chi connectivity index (χ1v) is 12.2. The Morgan fingerprint density at radius 2 is 1.49 bits per heavy atom. The summed E-state index contributed by atoms with van der Waals surface area (Å²) in [7, 11) is 3.27. The van der Waals surface area contributed by atoms with Crippen molar-refractivity contribution in [3.63, 3.8) is 0 Å². The summed E-state index contributed by atoms with van der Waals surface area (Å²) >= 11 is 1.30. The van der Waals surface area contributed by atoms with Gasteiger partial charge >= 0.3 is 0 Å². The highest BCUT2D eigenvalue weighted by Crippen LogP contribution is 2.32.